The molecule has 0 saturated carbocycles. The Morgan fingerprint density at radius 1 is 1.37 bits per heavy atom. The topological polar surface area (TPSA) is 64.3 Å². The van der Waals surface area contributed by atoms with Crippen molar-refractivity contribution < 1.29 is 9.53 Å². The van der Waals surface area contributed by atoms with Crippen molar-refractivity contribution in [1.29, 1.82) is 0 Å². The van der Waals surface area contributed by atoms with E-state index in [4.69, 9.17) is 10.5 Å². The van der Waals surface area contributed by atoms with Crippen molar-refractivity contribution in [2.75, 3.05) is 18.2 Å². The van der Waals surface area contributed by atoms with Crippen LogP contribution in [0.4, 0.5) is 11.4 Å². The number of methoxy groups -OCH3 is 1. The highest BCUT2D eigenvalue weighted by Crippen LogP contribution is 2.25. The summed E-state index contributed by atoms with van der Waals surface area (Å²) in [5.41, 5.74) is 6.99. The molecule has 0 radical (unpaired) electrons. The van der Waals surface area contributed by atoms with Gasteiger partial charge in [-0.3, -0.25) is 4.79 Å². The number of ether oxygens (including phenoxy) is 1. The second-order valence-corrected chi connectivity index (χ2v) is 5.44. The van der Waals surface area contributed by atoms with E-state index in [0.717, 1.165) is 6.42 Å². The van der Waals surface area contributed by atoms with Crippen LogP contribution >= 0.6 is 0 Å². The minimum absolute atomic E-state index is 0.00639. The van der Waals surface area contributed by atoms with Crippen LogP contribution in [0.1, 0.15) is 33.6 Å². The Bertz CT molecular complexity index is 430. The van der Waals surface area contributed by atoms with Gasteiger partial charge in [-0.1, -0.05) is 20.8 Å². The number of nitrogen functional groups attached to an aromatic ring is 1. The van der Waals surface area contributed by atoms with Gasteiger partial charge in [0.1, 0.15) is 5.75 Å². The van der Waals surface area contributed by atoms with E-state index in [-0.39, 0.29) is 5.91 Å². The maximum Gasteiger partial charge on any atom is 0.224 e. The van der Waals surface area contributed by atoms with E-state index in [1.807, 2.05) is 0 Å². The number of nitrogens with one attached hydrogen (secondary N) is 1. The molecule has 0 aliphatic rings. The first-order valence-electron chi connectivity index (χ1n) is 6.65. The summed E-state index contributed by atoms with van der Waals surface area (Å²) in [7, 11) is 1.59. The molecule has 0 fully saturated rings. The summed E-state index contributed by atoms with van der Waals surface area (Å²) in [6, 6.07) is 5.23. The van der Waals surface area contributed by atoms with E-state index >= 15 is 0 Å². The van der Waals surface area contributed by atoms with Crippen LogP contribution in [0.5, 0.6) is 5.75 Å². The molecule has 0 bridgehead atoms. The smallest absolute Gasteiger partial charge is 0.224 e. The molecular formula is C15H24N2O2. The number of rotatable bonds is 6. The number of anilines is 2. The molecule has 3 N–H and O–H groups in total. The third kappa shape index (κ3) is 5.20. The van der Waals surface area contributed by atoms with Gasteiger partial charge in [0.2, 0.25) is 5.91 Å². The first-order chi connectivity index (χ1) is 8.92. The minimum Gasteiger partial charge on any atom is -0.497 e. The van der Waals surface area contributed by atoms with Crippen LogP contribution in [0.2, 0.25) is 0 Å². The predicted octanol–water partition coefficient (Wildman–Crippen LogP) is 3.29. The van der Waals surface area contributed by atoms with Crippen molar-refractivity contribution >= 4 is 17.3 Å². The molecule has 1 atom stereocenters. The minimum atomic E-state index is -0.00639. The molecule has 0 aliphatic heterocycles. The van der Waals surface area contributed by atoms with Gasteiger partial charge in [0.25, 0.3) is 0 Å². The molecule has 0 heterocycles. The van der Waals surface area contributed by atoms with Crippen LogP contribution in [0.25, 0.3) is 0 Å². The van der Waals surface area contributed by atoms with E-state index in [1.54, 1.807) is 25.3 Å². The summed E-state index contributed by atoms with van der Waals surface area (Å²) in [5.74, 6) is 1.64. The molecule has 0 aliphatic carbocycles. The lowest BCUT2D eigenvalue weighted by Crippen LogP contribution is -2.17. The summed E-state index contributed by atoms with van der Waals surface area (Å²) in [6.07, 6.45) is 1.55. The molecule has 1 rings (SSSR count). The van der Waals surface area contributed by atoms with Crippen molar-refractivity contribution in [3.8, 4) is 5.75 Å². The summed E-state index contributed by atoms with van der Waals surface area (Å²) in [6.45, 7) is 6.41. The maximum atomic E-state index is 11.9. The Morgan fingerprint density at radius 2 is 2.05 bits per heavy atom. The Kier molecular flexibility index (Phi) is 5.67. The fourth-order valence-corrected chi connectivity index (χ4v) is 2.18. The fraction of sp³-hybridized carbons (Fsp3) is 0.533. The lowest BCUT2D eigenvalue weighted by atomic mass is 9.96. The van der Waals surface area contributed by atoms with Crippen LogP contribution in [-0.4, -0.2) is 13.0 Å². The summed E-state index contributed by atoms with van der Waals surface area (Å²) in [5, 5.41) is 2.85. The van der Waals surface area contributed by atoms with E-state index in [1.165, 1.54) is 0 Å². The van der Waals surface area contributed by atoms with Gasteiger partial charge in [-0.15, -0.1) is 0 Å². The highest BCUT2D eigenvalue weighted by Gasteiger charge is 2.12. The van der Waals surface area contributed by atoms with Crippen LogP contribution in [0.3, 0.4) is 0 Å². The van der Waals surface area contributed by atoms with Gasteiger partial charge in [-0.2, -0.15) is 0 Å². The Morgan fingerprint density at radius 3 is 2.63 bits per heavy atom. The molecule has 19 heavy (non-hydrogen) atoms. The van der Waals surface area contributed by atoms with Crippen LogP contribution in [-0.2, 0) is 4.79 Å². The van der Waals surface area contributed by atoms with Gasteiger partial charge in [-0.25, -0.2) is 0 Å². The summed E-state index contributed by atoms with van der Waals surface area (Å²) in [4.78, 5) is 11.9. The van der Waals surface area contributed by atoms with Crippen LogP contribution in [0, 0.1) is 11.8 Å². The number of amides is 1. The fourth-order valence-electron chi connectivity index (χ4n) is 2.18. The Balaban J connectivity index is 2.61. The lowest BCUT2D eigenvalue weighted by Gasteiger charge is -2.14. The standard InChI is InChI=1S/C15H24N2O2/c1-10(2)7-11(3)8-15(18)17-14-9-12(19-4)5-6-13(14)16/h5-6,9-11H,7-8,16H2,1-4H3,(H,17,18). The van der Waals surface area contributed by atoms with E-state index in [0.29, 0.717) is 35.4 Å². The summed E-state index contributed by atoms with van der Waals surface area (Å²) >= 11 is 0. The van der Waals surface area contributed by atoms with Gasteiger partial charge in [-0.05, 0) is 30.4 Å². The van der Waals surface area contributed by atoms with Crippen molar-refractivity contribution in [1.82, 2.24) is 0 Å². The van der Waals surface area contributed by atoms with Gasteiger partial charge < -0.3 is 15.8 Å². The number of carbonyl (C=O) groups excluding carboxylic acids is 1. The summed E-state index contributed by atoms with van der Waals surface area (Å²) < 4.78 is 5.12. The van der Waals surface area contributed by atoms with Crippen LogP contribution in [0.15, 0.2) is 18.2 Å². The Hall–Kier alpha value is -1.71. The highest BCUT2D eigenvalue weighted by molar-refractivity contribution is 5.94. The molecule has 1 aromatic carbocycles. The predicted molar refractivity (Wildman–Crippen MR) is 79.3 cm³/mol. The molecule has 0 saturated heterocycles. The van der Waals surface area contributed by atoms with Crippen LogP contribution < -0.4 is 15.8 Å². The lowest BCUT2D eigenvalue weighted by molar-refractivity contribution is -0.117. The molecule has 106 valence electrons. The van der Waals surface area contributed by atoms with Crippen molar-refractivity contribution in [3.63, 3.8) is 0 Å². The third-order valence-corrected chi connectivity index (χ3v) is 2.94. The van der Waals surface area contributed by atoms with Gasteiger partial charge in [0.05, 0.1) is 18.5 Å². The normalized spacial score (nSPS) is 12.3. The van der Waals surface area contributed by atoms with E-state index in [2.05, 4.69) is 26.1 Å². The third-order valence-electron chi connectivity index (χ3n) is 2.94. The first kappa shape index (κ1) is 15.3. The molecule has 0 aromatic heterocycles. The zero-order valence-corrected chi connectivity index (χ0v) is 12.2. The van der Waals surface area contributed by atoms with Crippen molar-refractivity contribution in [2.24, 2.45) is 11.8 Å². The molecule has 4 heteroatoms. The number of benzene rings is 1. The SMILES string of the molecule is COc1ccc(N)c(NC(=O)CC(C)CC(C)C)c1. The number of hydrogen-bond acceptors (Lipinski definition) is 3. The van der Waals surface area contributed by atoms with Crippen molar-refractivity contribution in [3.05, 3.63) is 18.2 Å². The molecular weight excluding hydrogens is 240 g/mol. The molecule has 1 amide bonds. The van der Waals surface area contributed by atoms with Crippen molar-refractivity contribution in [2.45, 2.75) is 33.6 Å². The maximum absolute atomic E-state index is 11.9. The highest BCUT2D eigenvalue weighted by atomic mass is 16.5. The second kappa shape index (κ2) is 7.02. The van der Waals surface area contributed by atoms with Gasteiger partial charge in [0, 0.05) is 12.5 Å². The average Bonchev–Trinajstić information content (AvgIpc) is 2.30. The quantitative estimate of drug-likeness (QED) is 0.775. The molecule has 0 spiro atoms. The first-order valence-corrected chi connectivity index (χ1v) is 6.65. The number of carbonyl (C=O) groups is 1. The van der Waals surface area contributed by atoms with E-state index in [9.17, 15) is 4.79 Å². The number of nitrogens with two attached hydrogens (primary N) is 1. The number of hydrogen-bond donors (Lipinski definition) is 2. The largest absolute Gasteiger partial charge is 0.497 e. The van der Waals surface area contributed by atoms with E-state index < -0.39 is 0 Å². The van der Waals surface area contributed by atoms with Gasteiger partial charge >= 0.3 is 0 Å². The molecule has 1 aromatic rings. The zero-order chi connectivity index (χ0) is 14.4. The Labute approximate surface area is 115 Å². The average molecular weight is 264 g/mol. The monoisotopic (exact) mass is 264 g/mol. The second-order valence-electron chi connectivity index (χ2n) is 5.44. The molecule has 4 nitrogen and oxygen atoms in total. The van der Waals surface area contributed by atoms with Gasteiger partial charge in [0.15, 0.2) is 0 Å². The zero-order valence-electron chi connectivity index (χ0n) is 12.2. The molecule has 1 unspecified atom stereocenters.